The van der Waals surface area contributed by atoms with Gasteiger partial charge in [0.25, 0.3) is 0 Å². The minimum Gasteiger partial charge on any atom is -2.00 e. The van der Waals surface area contributed by atoms with Crippen LogP contribution in [0.2, 0.25) is 0 Å². The van der Waals surface area contributed by atoms with Crippen LogP contribution in [-0.2, 0) is 39.6 Å². The van der Waals surface area contributed by atoms with Gasteiger partial charge < -0.3 is 5.48 Å². The van der Waals surface area contributed by atoms with Crippen molar-refractivity contribution in [3.63, 3.8) is 0 Å². The molecule has 0 aromatic carbocycles. The summed E-state index contributed by atoms with van der Waals surface area (Å²) in [5.74, 6) is 0. The first-order valence-electron chi connectivity index (χ1n) is 0. The molecule has 22 valence electrons. The molecule has 0 N–H and O–H groups in total. The fourth-order valence-electron chi connectivity index (χ4n) is 0. The Labute approximate surface area is 74.1 Å². The van der Waals surface area contributed by atoms with Crippen LogP contribution in [0, 0.1) is 35.6 Å². The topological polar surface area (TPSA) is 28.5 Å². The molecular weight excluding hydrogens is 273 g/mol. The summed E-state index contributed by atoms with van der Waals surface area (Å²) in [6.45, 7) is 0. The van der Waals surface area contributed by atoms with Gasteiger partial charge in [0.2, 0.25) is 0 Å². The van der Waals surface area contributed by atoms with Gasteiger partial charge in [0.05, 0.1) is 0 Å². The van der Waals surface area contributed by atoms with Crippen LogP contribution in [0.1, 0.15) is 0 Å². The van der Waals surface area contributed by atoms with Gasteiger partial charge in [-0.3, -0.25) is 0 Å². The molecule has 4 heavy (non-hydrogen) atoms. The zero-order valence-corrected chi connectivity index (χ0v) is 7.41. The summed E-state index contributed by atoms with van der Waals surface area (Å²) in [6, 6.07) is 0. The molecule has 0 saturated carbocycles. The third-order valence-corrected chi connectivity index (χ3v) is 0. The third kappa shape index (κ3) is 8.89. The van der Waals surface area contributed by atoms with Gasteiger partial charge in [0.15, 0.2) is 0 Å². The molecule has 4 heteroatoms. The van der Waals surface area contributed by atoms with Crippen LogP contribution in [0.25, 0.3) is 0 Å². The first-order chi connectivity index (χ1) is 0. The second-order valence-electron chi connectivity index (χ2n) is 0. The molecule has 0 fully saturated rings. The van der Waals surface area contributed by atoms with Crippen LogP contribution in [0.5, 0.6) is 0 Å². The van der Waals surface area contributed by atoms with E-state index >= 15 is 0 Å². The van der Waals surface area contributed by atoms with E-state index in [1.165, 1.54) is 0 Å². The van der Waals surface area contributed by atoms with E-state index in [0.29, 0.717) is 0 Å². The Morgan fingerprint density at radius 1 is 1.00 bits per heavy atom. The van der Waals surface area contributed by atoms with Crippen molar-refractivity contribution in [1.29, 1.82) is 0 Å². The van der Waals surface area contributed by atoms with Gasteiger partial charge in [-0.25, -0.2) is 0 Å². The Morgan fingerprint density at radius 2 is 1.00 bits per heavy atom. The Hall–Kier alpha value is 2.19. The molecule has 0 spiro atoms. The molecule has 0 heterocycles. The summed E-state index contributed by atoms with van der Waals surface area (Å²) in [7, 11) is 0. The molecule has 0 aromatic heterocycles. The fourth-order valence-corrected chi connectivity index (χ4v) is 0. The predicted molar refractivity (Wildman–Crippen MR) is 0.686 cm³/mol. The molecule has 0 rings (SSSR count). The number of hydrogen-bond acceptors (Lipinski definition) is 0. The van der Waals surface area contributed by atoms with E-state index in [4.69, 9.17) is 0 Å². The van der Waals surface area contributed by atoms with Crippen molar-refractivity contribution in [3.05, 3.63) is 0 Å². The SMILES string of the molecule is [Cu+2].[La+3].[Mn+2].[O-2]. The van der Waals surface area contributed by atoms with Gasteiger partial charge in [-0.2, -0.15) is 0 Å². The predicted octanol–water partition coefficient (Wildman–Crippen LogP) is -0.124. The van der Waals surface area contributed by atoms with E-state index in [9.17, 15) is 0 Å². The minimum absolute atomic E-state index is 0. The standard InChI is InChI=1S/Cu.La.Mn.O/q+2;+3;+2;-2. The van der Waals surface area contributed by atoms with Crippen molar-refractivity contribution in [2.24, 2.45) is 0 Å². The van der Waals surface area contributed by atoms with Crippen LogP contribution in [0.3, 0.4) is 0 Å². The summed E-state index contributed by atoms with van der Waals surface area (Å²) in [5, 5.41) is 0. The number of hydrogen-bond donors (Lipinski definition) is 0. The molecule has 0 unspecified atom stereocenters. The summed E-state index contributed by atoms with van der Waals surface area (Å²) in [4.78, 5) is 0. The van der Waals surface area contributed by atoms with E-state index < -0.39 is 0 Å². The maximum Gasteiger partial charge on any atom is 3.00 e. The minimum atomic E-state index is 0. The summed E-state index contributed by atoms with van der Waals surface area (Å²) in [6.07, 6.45) is 0. The molecule has 0 aliphatic carbocycles. The summed E-state index contributed by atoms with van der Waals surface area (Å²) >= 11 is 0. The molecule has 0 bridgehead atoms. The van der Waals surface area contributed by atoms with Crippen LogP contribution >= 0.6 is 0 Å². The first-order valence-corrected chi connectivity index (χ1v) is 0. The fraction of sp³-hybridized carbons (Fsp3) is 0. The maximum atomic E-state index is 0. The van der Waals surface area contributed by atoms with E-state index in [1.807, 2.05) is 0 Å². The van der Waals surface area contributed by atoms with Crippen LogP contribution < -0.4 is 0 Å². The average molecular weight is 273 g/mol. The average Bonchev–Trinajstić information content (AvgIpc) is 0. The normalized spacial score (nSPS) is 0. The van der Waals surface area contributed by atoms with Crippen molar-refractivity contribution >= 4 is 0 Å². The molecule has 0 amide bonds. The second kappa shape index (κ2) is 19.0. The number of rotatable bonds is 0. The second-order valence-corrected chi connectivity index (χ2v) is 0. The molecule has 0 saturated heterocycles. The van der Waals surface area contributed by atoms with Crippen molar-refractivity contribution in [2.45, 2.75) is 0 Å². The van der Waals surface area contributed by atoms with Crippen LogP contribution in [0.4, 0.5) is 0 Å². The Kier molecular flexibility index (Phi) is 165. The van der Waals surface area contributed by atoms with Crippen molar-refractivity contribution < 1.29 is 75.2 Å². The Bertz CT molecular complexity index is 8.00. The summed E-state index contributed by atoms with van der Waals surface area (Å²) in [5.41, 5.74) is 0. The zero-order valence-electron chi connectivity index (χ0n) is 1.67. The van der Waals surface area contributed by atoms with E-state index in [1.54, 1.807) is 0 Å². The van der Waals surface area contributed by atoms with Gasteiger partial charge >= 0.3 is 69.7 Å². The monoisotopic (exact) mass is 273 g/mol. The molecule has 0 aliphatic heterocycles. The molecule has 2 radical (unpaired) electrons. The van der Waals surface area contributed by atoms with Crippen molar-refractivity contribution in [1.82, 2.24) is 0 Å². The van der Waals surface area contributed by atoms with Crippen LogP contribution in [-0.4, -0.2) is 0 Å². The van der Waals surface area contributed by atoms with E-state index in [-0.39, 0.29) is 75.2 Å². The molecular formula is CuLaMnO+5. The van der Waals surface area contributed by atoms with Crippen molar-refractivity contribution in [2.75, 3.05) is 0 Å². The summed E-state index contributed by atoms with van der Waals surface area (Å²) < 4.78 is 0. The molecule has 0 aliphatic rings. The zero-order chi connectivity index (χ0) is 0. The van der Waals surface area contributed by atoms with E-state index in [2.05, 4.69) is 0 Å². The van der Waals surface area contributed by atoms with Crippen LogP contribution in [0.15, 0.2) is 0 Å². The largest absolute Gasteiger partial charge is 3.00 e. The smallest absolute Gasteiger partial charge is 2.00 e. The molecule has 0 aromatic rings. The Morgan fingerprint density at radius 3 is 1.00 bits per heavy atom. The van der Waals surface area contributed by atoms with Gasteiger partial charge in [0.1, 0.15) is 0 Å². The molecule has 0 atom stereocenters. The first kappa shape index (κ1) is 34.7. The molecule has 1 nitrogen and oxygen atoms in total. The van der Waals surface area contributed by atoms with Gasteiger partial charge in [0, 0.05) is 0 Å². The van der Waals surface area contributed by atoms with Crippen molar-refractivity contribution in [3.8, 4) is 0 Å². The maximum absolute atomic E-state index is 0. The van der Waals surface area contributed by atoms with Gasteiger partial charge in [-0.05, 0) is 0 Å². The Balaban J connectivity index is 0. The van der Waals surface area contributed by atoms with Gasteiger partial charge in [-0.1, -0.05) is 0 Å². The van der Waals surface area contributed by atoms with E-state index in [0.717, 1.165) is 0 Å². The third-order valence-electron chi connectivity index (χ3n) is 0. The van der Waals surface area contributed by atoms with Gasteiger partial charge in [-0.15, -0.1) is 0 Å². The quantitative estimate of drug-likeness (QED) is 0.551.